The van der Waals surface area contributed by atoms with Crippen LogP contribution in [0.25, 0.3) is 0 Å². The molecule has 0 aliphatic heterocycles. The molecule has 0 heterocycles. The van der Waals surface area contributed by atoms with Crippen LogP contribution in [-0.2, 0) is 24.7 Å². The monoisotopic (exact) mass is 334 g/mol. The van der Waals surface area contributed by atoms with E-state index in [1.54, 1.807) is 20.8 Å². The predicted octanol–water partition coefficient (Wildman–Crippen LogP) is 2.16. The first kappa shape index (κ1) is 22.1. The van der Waals surface area contributed by atoms with Crippen molar-refractivity contribution in [2.45, 2.75) is 48.0 Å². The maximum atomic E-state index is 10.2. The van der Waals surface area contributed by atoms with Gasteiger partial charge in [-0.3, -0.25) is 9.11 Å². The van der Waals surface area contributed by atoms with E-state index in [-0.39, 0.29) is 23.2 Å². The van der Waals surface area contributed by atoms with Crippen molar-refractivity contribution in [2.24, 2.45) is 10.8 Å². The van der Waals surface area contributed by atoms with Gasteiger partial charge in [0.2, 0.25) is 0 Å². The van der Waals surface area contributed by atoms with E-state index in [1.807, 2.05) is 20.8 Å². The Morgan fingerprint density at radius 2 is 1.25 bits per heavy atom. The van der Waals surface area contributed by atoms with Crippen molar-refractivity contribution in [1.82, 2.24) is 0 Å². The quantitative estimate of drug-likeness (QED) is 0.756. The van der Waals surface area contributed by atoms with Gasteiger partial charge < -0.3 is 0 Å². The van der Waals surface area contributed by atoms with Crippen molar-refractivity contribution in [3.8, 4) is 0 Å². The molecule has 0 radical (unpaired) electrons. The van der Waals surface area contributed by atoms with Crippen LogP contribution < -0.4 is 0 Å². The van der Waals surface area contributed by atoms with Crippen LogP contribution in [0.2, 0.25) is 0 Å². The van der Waals surface area contributed by atoms with Crippen molar-refractivity contribution in [3.05, 3.63) is 0 Å². The third-order valence-electron chi connectivity index (χ3n) is 1.75. The van der Waals surface area contributed by atoms with E-state index in [9.17, 15) is 16.8 Å². The minimum Gasteiger partial charge on any atom is -0.286 e. The summed E-state index contributed by atoms with van der Waals surface area (Å²) >= 11 is 0. The van der Waals surface area contributed by atoms with Crippen molar-refractivity contribution >= 4 is 20.5 Å². The van der Waals surface area contributed by atoms with Crippen LogP contribution in [-0.4, -0.2) is 38.3 Å². The van der Waals surface area contributed by atoms with E-state index < -0.39 is 20.5 Å². The normalized spacial score (nSPS) is 13.6. The van der Waals surface area contributed by atoms with Crippen molar-refractivity contribution in [3.63, 3.8) is 0 Å². The molecule has 0 saturated heterocycles. The van der Waals surface area contributed by atoms with Gasteiger partial charge in [-0.2, -0.15) is 16.8 Å². The highest BCUT2D eigenvalue weighted by Gasteiger charge is 2.15. The number of hydrogen-bond acceptors (Lipinski definition) is 5. The summed E-state index contributed by atoms with van der Waals surface area (Å²) < 4.78 is 61.1. The molecule has 7 nitrogen and oxygen atoms in total. The number of hydrogen-bond donors (Lipinski definition) is 2. The van der Waals surface area contributed by atoms with E-state index in [0.717, 1.165) is 0 Å². The lowest BCUT2D eigenvalue weighted by Gasteiger charge is -2.15. The molecule has 0 bridgehead atoms. The third-order valence-corrected chi connectivity index (χ3v) is 2.89. The van der Waals surface area contributed by atoms with Crippen molar-refractivity contribution in [1.29, 1.82) is 0 Å². The first-order valence-electron chi connectivity index (χ1n) is 5.98. The van der Waals surface area contributed by atoms with Crippen LogP contribution in [0.4, 0.5) is 0 Å². The molecule has 0 atom stereocenters. The summed E-state index contributed by atoms with van der Waals surface area (Å²) in [5, 5.41) is 0. The van der Waals surface area contributed by atoms with Gasteiger partial charge in [-0.25, -0.2) is 4.18 Å². The molecule has 0 fully saturated rings. The first-order valence-corrected chi connectivity index (χ1v) is 8.96. The predicted molar refractivity (Wildman–Crippen MR) is 77.4 cm³/mol. The molecular formula is C11H26O7S2. The Hall–Kier alpha value is -0.220. The van der Waals surface area contributed by atoms with Crippen LogP contribution in [0.15, 0.2) is 0 Å². The Morgan fingerprint density at radius 3 is 1.35 bits per heavy atom. The molecule has 0 spiro atoms. The Labute approximate surface area is 122 Å². The zero-order valence-electron chi connectivity index (χ0n) is 12.9. The third kappa shape index (κ3) is 26.4. The van der Waals surface area contributed by atoms with Crippen LogP contribution in [0, 0.1) is 10.8 Å². The Balaban J connectivity index is 0. The van der Waals surface area contributed by atoms with Gasteiger partial charge in [0.25, 0.3) is 10.1 Å². The lowest BCUT2D eigenvalue weighted by atomic mass is 9.94. The largest absolute Gasteiger partial charge is 0.397 e. The van der Waals surface area contributed by atoms with E-state index >= 15 is 0 Å². The van der Waals surface area contributed by atoms with Crippen LogP contribution in [0.3, 0.4) is 0 Å². The maximum absolute atomic E-state index is 10.2. The molecule has 0 saturated carbocycles. The first-order chi connectivity index (χ1) is 8.41. The molecule has 0 rings (SSSR count). The minimum atomic E-state index is -4.26. The second-order valence-electron chi connectivity index (χ2n) is 6.85. The highest BCUT2D eigenvalue weighted by atomic mass is 32.3. The Bertz CT molecular complexity index is 418. The van der Waals surface area contributed by atoms with Gasteiger partial charge in [0.05, 0.1) is 12.4 Å². The van der Waals surface area contributed by atoms with Gasteiger partial charge >= 0.3 is 10.4 Å². The minimum absolute atomic E-state index is 0.00810. The summed E-state index contributed by atoms with van der Waals surface area (Å²) in [5.41, 5.74) is -0.286. The molecule has 2 N–H and O–H groups in total. The zero-order valence-corrected chi connectivity index (χ0v) is 14.5. The zero-order chi connectivity index (χ0) is 16.8. The lowest BCUT2D eigenvalue weighted by Crippen LogP contribution is -2.17. The van der Waals surface area contributed by atoms with Gasteiger partial charge in [-0.05, 0) is 17.3 Å². The summed E-state index contributed by atoms with van der Waals surface area (Å²) in [5.74, 6) is -0.142. The molecule has 0 aliphatic rings. The molecule has 0 aromatic carbocycles. The average Bonchev–Trinajstić information content (AvgIpc) is 2.09. The van der Waals surface area contributed by atoms with E-state index in [1.165, 1.54) is 0 Å². The Kier molecular flexibility index (Phi) is 8.49. The fraction of sp³-hybridized carbons (Fsp3) is 1.00. The SMILES string of the molecule is CC(C)(C)CCS(=O)(=O)O.CC(C)(C)COS(=O)(=O)O. The smallest absolute Gasteiger partial charge is 0.286 e. The van der Waals surface area contributed by atoms with Gasteiger partial charge in [0.15, 0.2) is 0 Å². The highest BCUT2D eigenvalue weighted by molar-refractivity contribution is 7.85. The average molecular weight is 334 g/mol. The summed E-state index contributed by atoms with van der Waals surface area (Å²) in [6.07, 6.45) is 0.492. The highest BCUT2D eigenvalue weighted by Crippen LogP contribution is 2.18. The molecule has 0 unspecified atom stereocenters. The van der Waals surface area contributed by atoms with E-state index in [2.05, 4.69) is 4.18 Å². The van der Waals surface area contributed by atoms with E-state index in [0.29, 0.717) is 6.42 Å². The fourth-order valence-corrected chi connectivity index (χ4v) is 2.06. The van der Waals surface area contributed by atoms with Gasteiger partial charge in [-0.15, -0.1) is 0 Å². The van der Waals surface area contributed by atoms with Gasteiger partial charge in [0.1, 0.15) is 0 Å². The molecule has 0 aromatic heterocycles. The fourth-order valence-electron chi connectivity index (χ4n) is 0.686. The molecule has 0 amide bonds. The van der Waals surface area contributed by atoms with Crippen molar-refractivity contribution in [2.75, 3.05) is 12.4 Å². The van der Waals surface area contributed by atoms with Crippen LogP contribution in [0.5, 0.6) is 0 Å². The molecular weight excluding hydrogens is 308 g/mol. The van der Waals surface area contributed by atoms with Crippen LogP contribution in [0.1, 0.15) is 48.0 Å². The second kappa shape index (κ2) is 7.69. The summed E-state index contributed by atoms with van der Waals surface area (Å²) in [4.78, 5) is 0. The second-order valence-corrected chi connectivity index (χ2v) is 9.51. The maximum Gasteiger partial charge on any atom is 0.397 e. The summed E-state index contributed by atoms with van der Waals surface area (Å²) in [7, 11) is -8.01. The standard InChI is InChI=1S/C6H14O3S.C5H12O4S/c1-6(2,3)4-5-10(7,8)9;1-5(2,3)4-9-10(6,7)8/h4-5H2,1-3H3,(H,7,8,9);4H2,1-3H3,(H,6,7,8). The summed E-state index contributed by atoms with van der Waals surface area (Å²) in [6, 6.07) is 0. The van der Waals surface area contributed by atoms with Gasteiger partial charge in [-0.1, -0.05) is 41.5 Å². The topological polar surface area (TPSA) is 118 Å². The summed E-state index contributed by atoms with van der Waals surface area (Å²) in [6.45, 7) is 11.2. The Morgan fingerprint density at radius 1 is 0.850 bits per heavy atom. The molecule has 0 aliphatic carbocycles. The molecule has 124 valence electrons. The van der Waals surface area contributed by atoms with E-state index in [4.69, 9.17) is 9.11 Å². The molecule has 0 aromatic rings. The number of rotatable bonds is 4. The van der Waals surface area contributed by atoms with Gasteiger partial charge in [0, 0.05) is 0 Å². The molecule has 9 heteroatoms. The lowest BCUT2D eigenvalue weighted by molar-refractivity contribution is 0.181. The van der Waals surface area contributed by atoms with Crippen LogP contribution >= 0.6 is 0 Å². The van der Waals surface area contributed by atoms with Crippen molar-refractivity contribution < 1.29 is 30.1 Å². The molecule has 20 heavy (non-hydrogen) atoms.